The van der Waals surface area contributed by atoms with Crippen molar-refractivity contribution in [2.24, 2.45) is 10.2 Å². The molecule has 8 heteroatoms. The van der Waals surface area contributed by atoms with Gasteiger partial charge >= 0.3 is 11.9 Å². The van der Waals surface area contributed by atoms with Crippen molar-refractivity contribution in [2.75, 3.05) is 13.2 Å². The summed E-state index contributed by atoms with van der Waals surface area (Å²) in [5, 5.41) is 18.2. The van der Waals surface area contributed by atoms with Gasteiger partial charge in [-0.25, -0.2) is 9.59 Å². The molecule has 1 N–H and O–H groups in total. The minimum Gasteiger partial charge on any atom is -0.505 e. The molecule has 0 amide bonds. The number of rotatable bonds is 8. The normalized spacial score (nSPS) is 10.7. The molecule has 0 aliphatic carbocycles. The number of ether oxygens (including phenoxy) is 3. The zero-order valence-electron chi connectivity index (χ0n) is 17.6. The molecule has 3 aromatic rings. The molecule has 0 aliphatic rings. The van der Waals surface area contributed by atoms with Crippen LogP contribution in [0, 0.1) is 0 Å². The van der Waals surface area contributed by atoms with Gasteiger partial charge in [0, 0.05) is 6.07 Å². The molecule has 0 radical (unpaired) electrons. The van der Waals surface area contributed by atoms with Gasteiger partial charge in [0.25, 0.3) is 0 Å². The van der Waals surface area contributed by atoms with Crippen LogP contribution in [0.4, 0.5) is 11.4 Å². The maximum atomic E-state index is 12.3. The van der Waals surface area contributed by atoms with Crippen LogP contribution >= 0.6 is 0 Å². The summed E-state index contributed by atoms with van der Waals surface area (Å²) in [6, 6.07) is 17.2. The van der Waals surface area contributed by atoms with Gasteiger partial charge in [0.15, 0.2) is 0 Å². The summed E-state index contributed by atoms with van der Waals surface area (Å²) in [7, 11) is 0. The lowest BCUT2D eigenvalue weighted by molar-refractivity contribution is 0.0526. The topological polar surface area (TPSA) is 107 Å². The van der Waals surface area contributed by atoms with Crippen molar-refractivity contribution < 1.29 is 28.9 Å². The van der Waals surface area contributed by atoms with Crippen LogP contribution in [-0.4, -0.2) is 30.3 Å². The molecule has 0 spiro atoms. The third-order valence-electron chi connectivity index (χ3n) is 4.21. The smallest absolute Gasteiger partial charge is 0.343 e. The fourth-order valence-electron chi connectivity index (χ4n) is 2.66. The van der Waals surface area contributed by atoms with Crippen LogP contribution < -0.4 is 9.47 Å². The van der Waals surface area contributed by atoms with E-state index >= 15 is 0 Å². The first-order valence-corrected chi connectivity index (χ1v) is 9.97. The summed E-state index contributed by atoms with van der Waals surface area (Å²) in [5.41, 5.74) is 1.44. The molecular weight excluding hydrogens is 412 g/mol. The number of phenolic OH excluding ortho intramolecular Hbond substituents is 1. The Morgan fingerprint density at radius 1 is 0.781 bits per heavy atom. The van der Waals surface area contributed by atoms with Crippen LogP contribution in [0.3, 0.4) is 0 Å². The van der Waals surface area contributed by atoms with E-state index in [2.05, 4.69) is 10.2 Å². The van der Waals surface area contributed by atoms with Crippen molar-refractivity contribution in [3.63, 3.8) is 0 Å². The molecule has 32 heavy (non-hydrogen) atoms. The number of esters is 2. The average molecular weight is 434 g/mol. The number of nitrogens with zero attached hydrogens (tertiary/aromatic N) is 2. The maximum Gasteiger partial charge on any atom is 0.343 e. The predicted octanol–water partition coefficient (Wildman–Crippen LogP) is 5.60. The molecule has 0 fully saturated rings. The number of benzene rings is 3. The highest BCUT2D eigenvalue weighted by atomic mass is 16.5. The van der Waals surface area contributed by atoms with Gasteiger partial charge < -0.3 is 19.3 Å². The van der Waals surface area contributed by atoms with Crippen molar-refractivity contribution in [3.05, 3.63) is 77.9 Å². The first kappa shape index (κ1) is 22.5. The number of azo groups is 1. The molecular formula is C24H22N2O6. The lowest BCUT2D eigenvalue weighted by Gasteiger charge is -2.07. The number of carbonyl (C=O) groups is 2. The summed E-state index contributed by atoms with van der Waals surface area (Å²) in [5.74, 6) is -0.354. The minimum absolute atomic E-state index is 0.166. The molecule has 8 nitrogen and oxygen atoms in total. The van der Waals surface area contributed by atoms with E-state index < -0.39 is 11.9 Å². The van der Waals surface area contributed by atoms with E-state index in [1.54, 1.807) is 55.5 Å². The van der Waals surface area contributed by atoms with Gasteiger partial charge in [0.1, 0.15) is 22.9 Å². The Labute approximate surface area is 185 Å². The third kappa shape index (κ3) is 5.91. The van der Waals surface area contributed by atoms with Crippen LogP contribution in [0.5, 0.6) is 17.2 Å². The number of phenols is 1. The van der Waals surface area contributed by atoms with Gasteiger partial charge in [-0.05, 0) is 74.5 Å². The first-order chi connectivity index (χ1) is 15.5. The average Bonchev–Trinajstić information content (AvgIpc) is 2.80. The van der Waals surface area contributed by atoms with Crippen molar-refractivity contribution in [1.29, 1.82) is 0 Å². The molecule has 3 aromatic carbocycles. The zero-order chi connectivity index (χ0) is 22.9. The van der Waals surface area contributed by atoms with E-state index in [1.165, 1.54) is 18.2 Å². The van der Waals surface area contributed by atoms with Gasteiger partial charge in [0.05, 0.1) is 30.0 Å². The Balaban J connectivity index is 1.64. The Hall–Kier alpha value is -4.20. The predicted molar refractivity (Wildman–Crippen MR) is 117 cm³/mol. The highest BCUT2D eigenvalue weighted by molar-refractivity contribution is 5.91. The van der Waals surface area contributed by atoms with Crippen LogP contribution in [0.2, 0.25) is 0 Å². The Bertz CT molecular complexity index is 1110. The van der Waals surface area contributed by atoms with E-state index in [0.29, 0.717) is 35.8 Å². The zero-order valence-corrected chi connectivity index (χ0v) is 17.6. The number of hydrogen-bond acceptors (Lipinski definition) is 8. The Morgan fingerprint density at radius 2 is 1.41 bits per heavy atom. The van der Waals surface area contributed by atoms with Crippen molar-refractivity contribution >= 4 is 23.3 Å². The third-order valence-corrected chi connectivity index (χ3v) is 4.21. The second-order valence-corrected chi connectivity index (χ2v) is 6.46. The van der Waals surface area contributed by atoms with Crippen LogP contribution in [0.1, 0.15) is 34.6 Å². The summed E-state index contributed by atoms with van der Waals surface area (Å²) in [4.78, 5) is 24.0. The molecule has 0 aliphatic heterocycles. The quantitative estimate of drug-likeness (QED) is 0.281. The summed E-state index contributed by atoms with van der Waals surface area (Å²) in [6.07, 6.45) is 0. The van der Waals surface area contributed by atoms with Gasteiger partial charge in [-0.15, -0.1) is 5.11 Å². The minimum atomic E-state index is -0.566. The molecule has 0 heterocycles. The summed E-state index contributed by atoms with van der Waals surface area (Å²) >= 11 is 0. The second kappa shape index (κ2) is 10.7. The fraction of sp³-hybridized carbons (Fsp3) is 0.167. The molecule has 164 valence electrons. The number of carbonyl (C=O) groups excluding carboxylic acids is 2. The molecule has 3 rings (SSSR count). The van der Waals surface area contributed by atoms with Gasteiger partial charge in [-0.2, -0.15) is 5.11 Å². The van der Waals surface area contributed by atoms with Crippen LogP contribution in [0.15, 0.2) is 77.0 Å². The Kier molecular flexibility index (Phi) is 7.53. The van der Waals surface area contributed by atoms with Gasteiger partial charge in [0.2, 0.25) is 0 Å². The first-order valence-electron chi connectivity index (χ1n) is 9.97. The van der Waals surface area contributed by atoms with Gasteiger partial charge in [-0.3, -0.25) is 0 Å². The van der Waals surface area contributed by atoms with E-state index in [4.69, 9.17) is 14.2 Å². The molecule has 0 saturated heterocycles. The van der Waals surface area contributed by atoms with E-state index in [0.717, 1.165) is 0 Å². The highest BCUT2D eigenvalue weighted by Gasteiger charge is 2.11. The van der Waals surface area contributed by atoms with Crippen molar-refractivity contribution in [2.45, 2.75) is 13.8 Å². The number of hydrogen-bond donors (Lipinski definition) is 1. The van der Waals surface area contributed by atoms with Gasteiger partial charge in [-0.1, -0.05) is 0 Å². The van der Waals surface area contributed by atoms with Crippen molar-refractivity contribution in [3.8, 4) is 17.2 Å². The standard InChI is InChI=1S/C24H22N2O6/c1-3-30-19-11-7-17(8-12-19)24(29)32-20-13-14-21(22(27)15-20)26-25-18-9-5-16(6-10-18)23(28)31-4-2/h5-15,27H,3-4H2,1-2H3. The SMILES string of the molecule is CCOC(=O)c1ccc(N=Nc2ccc(OC(=O)c3ccc(OCC)cc3)cc2O)cc1. The number of aromatic hydroxyl groups is 1. The van der Waals surface area contributed by atoms with Crippen LogP contribution in [0.25, 0.3) is 0 Å². The molecule has 0 unspecified atom stereocenters. The van der Waals surface area contributed by atoms with E-state index in [9.17, 15) is 14.7 Å². The summed E-state index contributed by atoms with van der Waals surface area (Å²) < 4.78 is 15.6. The maximum absolute atomic E-state index is 12.3. The lowest BCUT2D eigenvalue weighted by Crippen LogP contribution is -2.08. The molecule has 0 saturated carbocycles. The van der Waals surface area contributed by atoms with Crippen molar-refractivity contribution in [1.82, 2.24) is 0 Å². The fourth-order valence-corrected chi connectivity index (χ4v) is 2.66. The highest BCUT2D eigenvalue weighted by Crippen LogP contribution is 2.32. The largest absolute Gasteiger partial charge is 0.505 e. The lowest BCUT2D eigenvalue weighted by atomic mass is 10.2. The molecule has 0 aromatic heterocycles. The molecule has 0 atom stereocenters. The van der Waals surface area contributed by atoms with E-state index in [-0.39, 0.29) is 17.2 Å². The monoisotopic (exact) mass is 434 g/mol. The van der Waals surface area contributed by atoms with Crippen LogP contribution in [-0.2, 0) is 4.74 Å². The van der Waals surface area contributed by atoms with E-state index in [1.807, 2.05) is 6.92 Å². The second-order valence-electron chi connectivity index (χ2n) is 6.46. The Morgan fingerprint density at radius 3 is 2.03 bits per heavy atom. The summed E-state index contributed by atoms with van der Waals surface area (Å²) in [6.45, 7) is 4.44. The molecule has 0 bridgehead atoms.